The average Bonchev–Trinajstić information content (AvgIpc) is 3.30. The van der Waals surface area contributed by atoms with E-state index in [1.165, 1.54) is 13.0 Å². The third-order valence-electron chi connectivity index (χ3n) is 6.53. The maximum atomic E-state index is 14.4. The van der Waals surface area contributed by atoms with E-state index in [0.29, 0.717) is 17.1 Å². The van der Waals surface area contributed by atoms with Crippen molar-refractivity contribution in [3.63, 3.8) is 0 Å². The molecule has 0 aliphatic carbocycles. The lowest BCUT2D eigenvalue weighted by Gasteiger charge is -2.15. The number of anilines is 1. The Labute approximate surface area is 219 Å². The third-order valence-corrected chi connectivity index (χ3v) is 6.78. The smallest absolute Gasteiger partial charge is 0.280 e. The summed E-state index contributed by atoms with van der Waals surface area (Å²) in [5, 5.41) is 5.48. The molecule has 1 aliphatic rings. The van der Waals surface area contributed by atoms with Crippen molar-refractivity contribution in [2.24, 2.45) is 5.10 Å². The molecule has 3 aromatic carbocycles. The fraction of sp³-hybridized carbons (Fsp3) is 0.143. The Balaban J connectivity index is 1.63. The molecular weight excluding hydrogens is 525 g/mol. The Morgan fingerprint density at radius 3 is 2.11 bits per heavy atom. The van der Waals surface area contributed by atoms with Gasteiger partial charge in [0.25, 0.3) is 5.91 Å². The molecule has 0 N–H and O–H groups in total. The average molecular weight is 544 g/mol. The summed E-state index contributed by atoms with van der Waals surface area (Å²) in [7, 11) is 0. The first-order chi connectivity index (χ1) is 18.0. The summed E-state index contributed by atoms with van der Waals surface area (Å²) in [5.41, 5.74) is 2.89. The number of aryl methyl sites for hydroxylation is 1. The Hall–Kier alpha value is -3.98. The highest BCUT2D eigenvalue weighted by Gasteiger charge is 2.37. The number of nitrogens with zero attached hydrogens (tertiary/aromatic N) is 3. The zero-order chi connectivity index (χ0) is 27.5. The predicted octanol–water partition coefficient (Wildman–Crippen LogP) is 7.46. The van der Waals surface area contributed by atoms with Gasteiger partial charge in [-0.2, -0.15) is 10.1 Å². The number of halogens is 6. The molecule has 0 fully saturated rings. The normalized spacial score (nSPS) is 14.8. The fourth-order valence-electron chi connectivity index (χ4n) is 4.54. The van der Waals surface area contributed by atoms with E-state index >= 15 is 0 Å². The summed E-state index contributed by atoms with van der Waals surface area (Å²) >= 11 is 6.02. The van der Waals surface area contributed by atoms with Crippen LogP contribution in [0.15, 0.2) is 53.1 Å². The van der Waals surface area contributed by atoms with Gasteiger partial charge in [-0.1, -0.05) is 35.4 Å². The van der Waals surface area contributed by atoms with Crippen molar-refractivity contribution in [2.45, 2.75) is 27.3 Å². The van der Waals surface area contributed by atoms with E-state index in [1.807, 2.05) is 44.2 Å². The lowest BCUT2D eigenvalue weighted by atomic mass is 10.0. The van der Waals surface area contributed by atoms with Crippen LogP contribution in [0.5, 0.6) is 0 Å². The Kier molecular flexibility index (Phi) is 6.35. The third kappa shape index (κ3) is 4.07. The number of carbonyl (C=O) groups is 1. The number of hydrazone groups is 1. The van der Waals surface area contributed by atoms with Gasteiger partial charge in [0.05, 0.1) is 11.3 Å². The van der Waals surface area contributed by atoms with Gasteiger partial charge in [-0.05, 0) is 56.7 Å². The van der Waals surface area contributed by atoms with Crippen LogP contribution in [0.3, 0.4) is 0 Å². The lowest BCUT2D eigenvalue weighted by Crippen LogP contribution is -2.25. The van der Waals surface area contributed by atoms with Crippen LogP contribution in [0.4, 0.5) is 27.6 Å². The molecule has 194 valence electrons. The SMILES string of the molecule is CC1=NN(c2c(F)c(F)c(F)c(F)c2F)C(=O)/C1=C/c1c(C)n(Cc2ccc(Cl)cc2)c2ccc(C)cc12. The zero-order valence-electron chi connectivity index (χ0n) is 20.3. The molecule has 38 heavy (non-hydrogen) atoms. The van der Waals surface area contributed by atoms with Gasteiger partial charge in [0.2, 0.25) is 5.82 Å². The van der Waals surface area contributed by atoms with Crippen LogP contribution in [0.1, 0.15) is 29.3 Å². The molecule has 2 heterocycles. The van der Waals surface area contributed by atoms with Crippen molar-refractivity contribution in [3.8, 4) is 0 Å². The first-order valence-corrected chi connectivity index (χ1v) is 11.8. The first kappa shape index (κ1) is 25.7. The van der Waals surface area contributed by atoms with Crippen molar-refractivity contribution in [3.05, 3.63) is 105 Å². The highest BCUT2D eigenvalue weighted by molar-refractivity contribution is 6.32. The number of aromatic nitrogens is 1. The quantitative estimate of drug-likeness (QED) is 0.114. The molecular formula is C28H19ClF5N3O. The first-order valence-electron chi connectivity index (χ1n) is 11.5. The maximum absolute atomic E-state index is 14.4. The molecule has 0 saturated heterocycles. The minimum atomic E-state index is -2.31. The van der Waals surface area contributed by atoms with Crippen LogP contribution in [-0.2, 0) is 11.3 Å². The van der Waals surface area contributed by atoms with Gasteiger partial charge in [0, 0.05) is 33.7 Å². The zero-order valence-corrected chi connectivity index (χ0v) is 21.1. The summed E-state index contributed by atoms with van der Waals surface area (Å²) in [5.74, 6) is -11.9. The predicted molar refractivity (Wildman–Crippen MR) is 137 cm³/mol. The Morgan fingerprint density at radius 1 is 0.868 bits per heavy atom. The molecule has 4 nitrogen and oxygen atoms in total. The van der Waals surface area contributed by atoms with Crippen LogP contribution in [-0.4, -0.2) is 16.2 Å². The van der Waals surface area contributed by atoms with Gasteiger partial charge in [-0.3, -0.25) is 4.79 Å². The van der Waals surface area contributed by atoms with Gasteiger partial charge in [0.15, 0.2) is 23.3 Å². The number of amides is 1. The number of hydrogen-bond acceptors (Lipinski definition) is 2. The van der Waals surface area contributed by atoms with Crippen molar-refractivity contribution in [1.29, 1.82) is 0 Å². The summed E-state index contributed by atoms with van der Waals surface area (Å²) in [6, 6.07) is 13.2. The van der Waals surface area contributed by atoms with Gasteiger partial charge in [-0.25, -0.2) is 22.0 Å². The van der Waals surface area contributed by atoms with E-state index in [-0.39, 0.29) is 16.3 Å². The largest absolute Gasteiger partial charge is 0.340 e. The van der Waals surface area contributed by atoms with E-state index in [9.17, 15) is 26.7 Å². The molecule has 4 aromatic rings. The second-order valence-corrected chi connectivity index (χ2v) is 9.45. The topological polar surface area (TPSA) is 37.6 Å². The maximum Gasteiger partial charge on any atom is 0.280 e. The van der Waals surface area contributed by atoms with Crippen LogP contribution >= 0.6 is 11.6 Å². The molecule has 0 radical (unpaired) electrons. The van der Waals surface area contributed by atoms with Crippen LogP contribution in [0, 0.1) is 42.9 Å². The minimum absolute atomic E-state index is 0.0379. The molecule has 0 unspecified atom stereocenters. The molecule has 5 rings (SSSR count). The van der Waals surface area contributed by atoms with E-state index in [1.54, 1.807) is 12.1 Å². The van der Waals surface area contributed by atoms with E-state index in [4.69, 9.17) is 11.6 Å². The number of benzene rings is 3. The highest BCUT2D eigenvalue weighted by Crippen LogP contribution is 2.36. The molecule has 10 heteroatoms. The van der Waals surface area contributed by atoms with Crippen LogP contribution in [0.2, 0.25) is 5.02 Å². The van der Waals surface area contributed by atoms with Crippen molar-refractivity contribution >= 4 is 45.9 Å². The molecule has 1 amide bonds. The van der Waals surface area contributed by atoms with Gasteiger partial charge < -0.3 is 4.57 Å². The van der Waals surface area contributed by atoms with Gasteiger partial charge in [-0.15, -0.1) is 0 Å². The number of carbonyl (C=O) groups excluding carboxylic acids is 1. The second-order valence-electron chi connectivity index (χ2n) is 9.01. The van der Waals surface area contributed by atoms with E-state index < -0.39 is 40.7 Å². The second kappa shape index (κ2) is 9.40. The molecule has 1 aromatic heterocycles. The fourth-order valence-corrected chi connectivity index (χ4v) is 4.67. The minimum Gasteiger partial charge on any atom is -0.340 e. The van der Waals surface area contributed by atoms with E-state index in [2.05, 4.69) is 9.67 Å². The highest BCUT2D eigenvalue weighted by atomic mass is 35.5. The van der Waals surface area contributed by atoms with Crippen LogP contribution < -0.4 is 5.01 Å². The number of hydrogen-bond donors (Lipinski definition) is 0. The standard InChI is InChI=1S/C28H19ClF5N3O/c1-13-4-9-21-20(10-13)19(15(3)36(21)12-16-5-7-17(29)8-6-16)11-18-14(2)35-37(28(18)38)27-25(33)23(31)22(30)24(32)26(27)34/h4-11H,12H2,1-3H3/b18-11+. The Morgan fingerprint density at radius 2 is 1.47 bits per heavy atom. The van der Waals surface area contributed by atoms with E-state index in [0.717, 1.165) is 27.7 Å². The summed E-state index contributed by atoms with van der Waals surface area (Å²) in [6.45, 7) is 5.71. The molecule has 1 aliphatic heterocycles. The molecule has 0 spiro atoms. The number of fused-ring (bicyclic) bond motifs is 1. The molecule has 0 bridgehead atoms. The van der Waals surface area contributed by atoms with Crippen LogP contribution in [0.25, 0.3) is 17.0 Å². The number of rotatable bonds is 4. The monoisotopic (exact) mass is 543 g/mol. The molecule has 0 atom stereocenters. The lowest BCUT2D eigenvalue weighted by molar-refractivity contribution is -0.114. The molecule has 0 saturated carbocycles. The van der Waals surface area contributed by atoms with Gasteiger partial charge in [0.1, 0.15) is 5.69 Å². The summed E-state index contributed by atoms with van der Waals surface area (Å²) < 4.78 is 72.1. The Bertz CT molecular complexity index is 1680. The summed E-state index contributed by atoms with van der Waals surface area (Å²) in [6.07, 6.45) is 1.53. The van der Waals surface area contributed by atoms with Gasteiger partial charge >= 0.3 is 0 Å². The summed E-state index contributed by atoms with van der Waals surface area (Å²) in [4.78, 5) is 13.2. The van der Waals surface area contributed by atoms with Crippen molar-refractivity contribution in [2.75, 3.05) is 5.01 Å². The van der Waals surface area contributed by atoms with Crippen molar-refractivity contribution in [1.82, 2.24) is 4.57 Å². The van der Waals surface area contributed by atoms with Crippen molar-refractivity contribution < 1.29 is 26.7 Å².